The first-order valence-electron chi connectivity index (χ1n) is 6.40. The molecule has 0 radical (unpaired) electrons. The van der Waals surface area contributed by atoms with Crippen LogP contribution in [0.4, 0.5) is 4.79 Å². The summed E-state index contributed by atoms with van der Waals surface area (Å²) < 4.78 is 5.43. The van der Waals surface area contributed by atoms with Gasteiger partial charge in [0, 0.05) is 11.9 Å². The van der Waals surface area contributed by atoms with E-state index < -0.39 is 5.60 Å². The van der Waals surface area contributed by atoms with Crippen molar-refractivity contribution in [3.8, 4) is 0 Å². The molecule has 2 rings (SSSR count). The molecule has 1 aliphatic rings. The van der Waals surface area contributed by atoms with E-state index in [0.29, 0.717) is 0 Å². The Balaban J connectivity index is 2.11. The van der Waals surface area contributed by atoms with E-state index in [-0.39, 0.29) is 12.1 Å². The Morgan fingerprint density at radius 3 is 2.89 bits per heavy atom. The summed E-state index contributed by atoms with van der Waals surface area (Å²) in [6.07, 6.45) is 3.09. The molecule has 1 aliphatic carbocycles. The third-order valence-corrected chi connectivity index (χ3v) is 4.17. The van der Waals surface area contributed by atoms with Gasteiger partial charge in [-0.15, -0.1) is 11.3 Å². The highest BCUT2D eigenvalue weighted by atomic mass is 32.1. The lowest BCUT2D eigenvalue weighted by molar-refractivity contribution is 0.0205. The Bertz CT molecular complexity index is 433. The molecule has 100 valence electrons. The Labute approximate surface area is 113 Å². The zero-order valence-corrected chi connectivity index (χ0v) is 12.3. The summed E-state index contributed by atoms with van der Waals surface area (Å²) in [5.74, 6) is 0. The van der Waals surface area contributed by atoms with Crippen molar-refractivity contribution in [1.29, 1.82) is 0 Å². The highest BCUT2D eigenvalue weighted by Gasteiger charge is 2.30. The van der Waals surface area contributed by atoms with Gasteiger partial charge in [0.2, 0.25) is 0 Å². The summed E-state index contributed by atoms with van der Waals surface area (Å²) >= 11 is 1.79. The van der Waals surface area contributed by atoms with E-state index in [9.17, 15) is 4.79 Å². The van der Waals surface area contributed by atoms with Crippen LogP contribution in [-0.2, 0) is 11.2 Å². The Morgan fingerprint density at radius 1 is 1.50 bits per heavy atom. The van der Waals surface area contributed by atoms with E-state index in [2.05, 4.69) is 11.4 Å². The second-order valence-corrected chi connectivity index (χ2v) is 6.80. The van der Waals surface area contributed by atoms with Gasteiger partial charge in [-0.3, -0.25) is 0 Å². The van der Waals surface area contributed by atoms with Gasteiger partial charge in [-0.05, 0) is 57.0 Å². The quantitative estimate of drug-likeness (QED) is 0.770. The molecule has 1 aromatic rings. The van der Waals surface area contributed by atoms with Gasteiger partial charge in [-0.1, -0.05) is 0 Å². The van der Waals surface area contributed by atoms with Gasteiger partial charge < -0.3 is 9.64 Å². The Morgan fingerprint density at radius 2 is 2.22 bits per heavy atom. The second-order valence-electron chi connectivity index (χ2n) is 5.80. The average Bonchev–Trinajstić information content (AvgIpc) is 2.73. The number of carbonyl (C=O) groups excluding carboxylic acids is 1. The third-order valence-electron chi connectivity index (χ3n) is 3.17. The molecule has 0 fully saturated rings. The predicted octanol–water partition coefficient (Wildman–Crippen LogP) is 3.99. The van der Waals surface area contributed by atoms with Gasteiger partial charge in [0.25, 0.3) is 0 Å². The van der Waals surface area contributed by atoms with Crippen molar-refractivity contribution in [3.63, 3.8) is 0 Å². The zero-order chi connectivity index (χ0) is 13.3. The Hall–Kier alpha value is -1.03. The molecule has 3 nitrogen and oxygen atoms in total. The maximum absolute atomic E-state index is 12.1. The van der Waals surface area contributed by atoms with Crippen LogP contribution in [0.3, 0.4) is 0 Å². The largest absolute Gasteiger partial charge is 0.444 e. The van der Waals surface area contributed by atoms with Crippen molar-refractivity contribution in [3.05, 3.63) is 21.9 Å². The molecule has 1 amide bonds. The number of ether oxygens (including phenoxy) is 1. The van der Waals surface area contributed by atoms with E-state index in [0.717, 1.165) is 19.3 Å². The standard InChI is InChI=1S/C14H21NO2S/c1-14(2,3)17-13(16)15(4)11-6-5-7-12-10(11)8-9-18-12/h8-9,11H,5-7H2,1-4H3. The third kappa shape index (κ3) is 2.86. The van der Waals surface area contributed by atoms with Gasteiger partial charge in [0.05, 0.1) is 6.04 Å². The van der Waals surface area contributed by atoms with Crippen molar-refractivity contribution in [2.45, 2.75) is 51.7 Å². The van der Waals surface area contributed by atoms with E-state index in [4.69, 9.17) is 4.74 Å². The molecular formula is C14H21NO2S. The first-order chi connectivity index (χ1) is 8.38. The lowest BCUT2D eigenvalue weighted by atomic mass is 9.93. The fourth-order valence-electron chi connectivity index (χ4n) is 2.33. The number of hydrogen-bond donors (Lipinski definition) is 0. The molecule has 4 heteroatoms. The molecule has 0 N–H and O–H groups in total. The normalized spacial score (nSPS) is 19.2. The first-order valence-corrected chi connectivity index (χ1v) is 7.28. The van der Waals surface area contributed by atoms with Crippen LogP contribution in [0, 0.1) is 0 Å². The molecule has 0 aromatic carbocycles. The van der Waals surface area contributed by atoms with Crippen LogP contribution in [0.5, 0.6) is 0 Å². The molecule has 1 atom stereocenters. The van der Waals surface area contributed by atoms with Gasteiger partial charge in [-0.2, -0.15) is 0 Å². The maximum atomic E-state index is 12.1. The van der Waals surface area contributed by atoms with E-state index >= 15 is 0 Å². The van der Waals surface area contributed by atoms with E-state index in [1.165, 1.54) is 10.4 Å². The van der Waals surface area contributed by atoms with Gasteiger partial charge >= 0.3 is 6.09 Å². The van der Waals surface area contributed by atoms with Gasteiger partial charge in [-0.25, -0.2) is 4.79 Å². The molecule has 18 heavy (non-hydrogen) atoms. The minimum Gasteiger partial charge on any atom is -0.444 e. The number of hydrogen-bond acceptors (Lipinski definition) is 3. The van der Waals surface area contributed by atoms with Crippen molar-refractivity contribution in [2.24, 2.45) is 0 Å². The second kappa shape index (κ2) is 4.92. The van der Waals surface area contributed by atoms with Crippen molar-refractivity contribution in [1.82, 2.24) is 4.90 Å². The molecule has 0 aliphatic heterocycles. The number of amides is 1. The fraction of sp³-hybridized carbons (Fsp3) is 0.643. The monoisotopic (exact) mass is 267 g/mol. The fourth-order valence-corrected chi connectivity index (χ4v) is 3.31. The minimum absolute atomic E-state index is 0.176. The topological polar surface area (TPSA) is 29.5 Å². The van der Waals surface area contributed by atoms with Gasteiger partial charge in [0.1, 0.15) is 5.60 Å². The molecule has 1 aromatic heterocycles. The predicted molar refractivity (Wildman–Crippen MR) is 74.0 cm³/mol. The molecule has 0 spiro atoms. The van der Waals surface area contributed by atoms with Crippen LogP contribution in [0.15, 0.2) is 11.4 Å². The van der Waals surface area contributed by atoms with Crippen LogP contribution in [0.2, 0.25) is 0 Å². The van der Waals surface area contributed by atoms with Crippen LogP contribution >= 0.6 is 11.3 Å². The Kier molecular flexibility index (Phi) is 3.66. The van der Waals surface area contributed by atoms with E-state index in [1.807, 2.05) is 27.8 Å². The number of carbonyl (C=O) groups is 1. The summed E-state index contributed by atoms with van der Waals surface area (Å²) in [6, 6.07) is 2.32. The van der Waals surface area contributed by atoms with Crippen LogP contribution in [-0.4, -0.2) is 23.6 Å². The highest BCUT2D eigenvalue weighted by Crippen LogP contribution is 2.36. The summed E-state index contributed by atoms with van der Waals surface area (Å²) in [6.45, 7) is 5.70. The molecule has 0 bridgehead atoms. The average molecular weight is 267 g/mol. The van der Waals surface area contributed by atoms with Crippen molar-refractivity contribution >= 4 is 17.4 Å². The van der Waals surface area contributed by atoms with Crippen LogP contribution in [0.1, 0.15) is 50.1 Å². The first kappa shape index (κ1) is 13.4. The zero-order valence-electron chi connectivity index (χ0n) is 11.5. The summed E-state index contributed by atoms with van der Waals surface area (Å²) in [4.78, 5) is 15.3. The van der Waals surface area contributed by atoms with E-state index in [1.54, 1.807) is 16.2 Å². The molecular weight excluding hydrogens is 246 g/mol. The molecule has 1 unspecified atom stereocenters. The molecule has 0 saturated heterocycles. The summed E-state index contributed by atoms with van der Waals surface area (Å²) in [5, 5.41) is 2.12. The molecule has 1 heterocycles. The van der Waals surface area contributed by atoms with Gasteiger partial charge in [0.15, 0.2) is 0 Å². The lowest BCUT2D eigenvalue weighted by Crippen LogP contribution is -2.37. The number of fused-ring (bicyclic) bond motifs is 1. The summed E-state index contributed by atoms with van der Waals surface area (Å²) in [7, 11) is 1.84. The minimum atomic E-state index is -0.433. The number of thiophene rings is 1. The number of aryl methyl sites for hydroxylation is 1. The van der Waals surface area contributed by atoms with Crippen LogP contribution in [0.25, 0.3) is 0 Å². The maximum Gasteiger partial charge on any atom is 0.410 e. The summed E-state index contributed by atoms with van der Waals surface area (Å²) in [5.41, 5.74) is 0.872. The smallest absolute Gasteiger partial charge is 0.410 e. The lowest BCUT2D eigenvalue weighted by Gasteiger charge is -2.33. The van der Waals surface area contributed by atoms with Crippen LogP contribution < -0.4 is 0 Å². The SMILES string of the molecule is CN(C(=O)OC(C)(C)C)C1CCCc2sccc21. The highest BCUT2D eigenvalue weighted by molar-refractivity contribution is 7.10. The number of nitrogens with zero attached hydrogens (tertiary/aromatic N) is 1. The molecule has 0 saturated carbocycles. The number of rotatable bonds is 1. The van der Waals surface area contributed by atoms with Crippen molar-refractivity contribution in [2.75, 3.05) is 7.05 Å². The van der Waals surface area contributed by atoms with Crippen molar-refractivity contribution < 1.29 is 9.53 Å².